The third-order valence-corrected chi connectivity index (χ3v) is 4.94. The molecule has 2 aromatic carbocycles. The van der Waals surface area contributed by atoms with Gasteiger partial charge in [-0.2, -0.15) is 0 Å². The Morgan fingerprint density at radius 2 is 1.68 bits per heavy atom. The molecule has 1 aliphatic heterocycles. The minimum atomic E-state index is -0.886. The summed E-state index contributed by atoms with van der Waals surface area (Å²) in [5.74, 6) is -2.43. The molecule has 10 nitrogen and oxygen atoms in total. The van der Waals surface area contributed by atoms with Gasteiger partial charge < -0.3 is 10.2 Å². The molecule has 2 aromatic rings. The molecule has 0 saturated heterocycles. The van der Waals surface area contributed by atoms with E-state index >= 15 is 0 Å². The Balaban J connectivity index is 1.70. The molecule has 0 radical (unpaired) electrons. The van der Waals surface area contributed by atoms with E-state index < -0.39 is 34.9 Å². The largest absolute Gasteiger partial charge is 0.339 e. The number of benzene rings is 2. The van der Waals surface area contributed by atoms with Crippen molar-refractivity contribution in [3.63, 3.8) is 0 Å². The van der Waals surface area contributed by atoms with Crippen molar-refractivity contribution in [1.29, 1.82) is 0 Å². The Bertz CT molecular complexity index is 1080. The predicted molar refractivity (Wildman–Crippen MR) is 111 cm³/mol. The van der Waals surface area contributed by atoms with Crippen LogP contribution in [0.2, 0.25) is 0 Å². The van der Waals surface area contributed by atoms with Crippen molar-refractivity contribution in [3.05, 3.63) is 69.3 Å². The van der Waals surface area contributed by atoms with E-state index in [1.807, 2.05) is 13.8 Å². The van der Waals surface area contributed by atoms with Crippen LogP contribution in [0.1, 0.15) is 44.9 Å². The van der Waals surface area contributed by atoms with Crippen LogP contribution < -0.4 is 5.32 Å². The van der Waals surface area contributed by atoms with Crippen molar-refractivity contribution in [2.24, 2.45) is 0 Å². The van der Waals surface area contributed by atoms with Crippen LogP contribution in [0, 0.1) is 10.1 Å². The van der Waals surface area contributed by atoms with Gasteiger partial charge in [0.1, 0.15) is 12.1 Å². The summed E-state index contributed by atoms with van der Waals surface area (Å²) >= 11 is 0. The number of anilines is 1. The maximum Gasteiger partial charge on any atom is 0.282 e. The molecule has 1 aliphatic rings. The minimum absolute atomic E-state index is 0.105. The number of carbonyl (C=O) groups excluding carboxylic acids is 4. The summed E-state index contributed by atoms with van der Waals surface area (Å²) in [6, 6.07) is 9.99. The fraction of sp³-hybridized carbons (Fsp3) is 0.238. The van der Waals surface area contributed by atoms with Crippen molar-refractivity contribution >= 4 is 35.0 Å². The molecule has 10 heteroatoms. The number of carbonyl (C=O) groups is 4. The molecule has 31 heavy (non-hydrogen) atoms. The van der Waals surface area contributed by atoms with Crippen molar-refractivity contribution in [2.45, 2.75) is 13.8 Å². The number of nitrogens with zero attached hydrogens (tertiary/aromatic N) is 3. The lowest BCUT2D eigenvalue weighted by atomic mass is 10.1. The maximum atomic E-state index is 12.5. The van der Waals surface area contributed by atoms with Gasteiger partial charge in [0.2, 0.25) is 5.91 Å². The van der Waals surface area contributed by atoms with Crippen LogP contribution >= 0.6 is 0 Å². The fourth-order valence-corrected chi connectivity index (χ4v) is 3.35. The smallest absolute Gasteiger partial charge is 0.282 e. The molecule has 0 atom stereocenters. The Labute approximate surface area is 177 Å². The van der Waals surface area contributed by atoms with E-state index in [-0.39, 0.29) is 17.0 Å². The highest BCUT2D eigenvalue weighted by Crippen LogP contribution is 2.30. The first-order valence-corrected chi connectivity index (χ1v) is 9.61. The summed E-state index contributed by atoms with van der Waals surface area (Å²) in [6.07, 6.45) is 0. The number of imide groups is 1. The number of nitro groups is 1. The van der Waals surface area contributed by atoms with E-state index in [0.29, 0.717) is 29.2 Å². The van der Waals surface area contributed by atoms with Gasteiger partial charge in [0.15, 0.2) is 0 Å². The molecule has 4 amide bonds. The number of hydrogen-bond donors (Lipinski definition) is 1. The van der Waals surface area contributed by atoms with E-state index in [1.54, 1.807) is 29.2 Å². The number of nitro benzene ring substituents is 1. The lowest BCUT2D eigenvalue weighted by Crippen LogP contribution is -2.37. The highest BCUT2D eigenvalue weighted by Gasteiger charge is 2.41. The molecular formula is C21H20N4O6. The molecule has 1 heterocycles. The topological polar surface area (TPSA) is 130 Å². The van der Waals surface area contributed by atoms with Crippen LogP contribution in [0.15, 0.2) is 42.5 Å². The molecule has 0 spiro atoms. The Hall–Kier alpha value is -4.08. The van der Waals surface area contributed by atoms with Gasteiger partial charge in [-0.1, -0.05) is 6.07 Å². The number of rotatable bonds is 7. The van der Waals surface area contributed by atoms with E-state index in [0.717, 1.165) is 6.07 Å². The van der Waals surface area contributed by atoms with Crippen molar-refractivity contribution in [3.8, 4) is 0 Å². The molecule has 0 aliphatic carbocycles. The zero-order chi connectivity index (χ0) is 22.7. The van der Waals surface area contributed by atoms with Crippen molar-refractivity contribution in [1.82, 2.24) is 9.80 Å². The standard InChI is InChI=1S/C21H20N4O6/c1-3-23(4-2)19(27)13-8-10-14(11-9-13)22-17(26)12-24-20(28)15-6-5-7-16(25(30)31)18(15)21(24)29/h5-11H,3-4,12H2,1-2H3,(H,22,26). The number of amides is 4. The number of fused-ring (bicyclic) bond motifs is 1. The SMILES string of the molecule is CCN(CC)C(=O)c1ccc(NC(=O)CN2C(=O)c3cccc([N+](=O)[O-])c3C2=O)cc1. The monoisotopic (exact) mass is 424 g/mol. The zero-order valence-electron chi connectivity index (χ0n) is 17.0. The lowest BCUT2D eigenvalue weighted by molar-refractivity contribution is -0.385. The predicted octanol–water partition coefficient (Wildman–Crippen LogP) is 2.31. The van der Waals surface area contributed by atoms with Gasteiger partial charge in [-0.25, -0.2) is 0 Å². The lowest BCUT2D eigenvalue weighted by Gasteiger charge is -2.18. The number of hydrogen-bond acceptors (Lipinski definition) is 6. The molecule has 3 rings (SSSR count). The summed E-state index contributed by atoms with van der Waals surface area (Å²) < 4.78 is 0. The van der Waals surface area contributed by atoms with E-state index in [9.17, 15) is 29.3 Å². The van der Waals surface area contributed by atoms with E-state index in [2.05, 4.69) is 5.32 Å². The Morgan fingerprint density at radius 1 is 1.03 bits per heavy atom. The average molecular weight is 424 g/mol. The normalized spacial score (nSPS) is 12.5. The van der Waals surface area contributed by atoms with Crippen LogP contribution in [0.5, 0.6) is 0 Å². The minimum Gasteiger partial charge on any atom is -0.339 e. The molecule has 1 N–H and O–H groups in total. The van der Waals surface area contributed by atoms with Crippen LogP contribution in [0.25, 0.3) is 0 Å². The summed E-state index contributed by atoms with van der Waals surface area (Å²) in [4.78, 5) is 62.5. The Kier molecular flexibility index (Phi) is 6.10. The van der Waals surface area contributed by atoms with E-state index in [1.165, 1.54) is 12.1 Å². The zero-order valence-corrected chi connectivity index (χ0v) is 17.0. The molecule has 160 valence electrons. The quantitative estimate of drug-likeness (QED) is 0.412. The third kappa shape index (κ3) is 4.13. The second-order valence-corrected chi connectivity index (χ2v) is 6.76. The molecule has 0 saturated carbocycles. The molecule has 0 bridgehead atoms. The van der Waals surface area contributed by atoms with Crippen molar-refractivity contribution < 1.29 is 24.1 Å². The second kappa shape index (κ2) is 8.74. The fourth-order valence-electron chi connectivity index (χ4n) is 3.35. The maximum absolute atomic E-state index is 12.5. The van der Waals surface area contributed by atoms with Crippen LogP contribution in [0.3, 0.4) is 0 Å². The van der Waals surface area contributed by atoms with Gasteiger partial charge in [0, 0.05) is 30.4 Å². The van der Waals surface area contributed by atoms with Gasteiger partial charge in [-0.3, -0.25) is 34.2 Å². The van der Waals surface area contributed by atoms with Gasteiger partial charge in [-0.15, -0.1) is 0 Å². The summed E-state index contributed by atoms with van der Waals surface area (Å²) in [6.45, 7) is 4.32. The third-order valence-electron chi connectivity index (χ3n) is 4.94. The van der Waals surface area contributed by atoms with Crippen LogP contribution in [-0.2, 0) is 4.79 Å². The van der Waals surface area contributed by atoms with Crippen LogP contribution in [-0.4, -0.2) is 58.0 Å². The number of nitrogens with one attached hydrogen (secondary N) is 1. The van der Waals surface area contributed by atoms with Crippen LogP contribution in [0.4, 0.5) is 11.4 Å². The van der Waals surface area contributed by atoms with Gasteiger partial charge in [-0.05, 0) is 44.2 Å². The van der Waals surface area contributed by atoms with Gasteiger partial charge in [0.25, 0.3) is 23.4 Å². The summed E-state index contributed by atoms with van der Waals surface area (Å²) in [5.41, 5.74) is -0.0545. The van der Waals surface area contributed by atoms with Gasteiger partial charge >= 0.3 is 0 Å². The summed E-state index contributed by atoms with van der Waals surface area (Å²) in [7, 11) is 0. The second-order valence-electron chi connectivity index (χ2n) is 6.76. The highest BCUT2D eigenvalue weighted by atomic mass is 16.6. The first-order valence-electron chi connectivity index (χ1n) is 9.61. The van der Waals surface area contributed by atoms with E-state index in [4.69, 9.17) is 0 Å². The highest BCUT2D eigenvalue weighted by molar-refractivity contribution is 6.24. The summed E-state index contributed by atoms with van der Waals surface area (Å²) in [5, 5.41) is 13.7. The van der Waals surface area contributed by atoms with Gasteiger partial charge in [0.05, 0.1) is 10.5 Å². The molecule has 0 fully saturated rings. The molecule has 0 unspecified atom stereocenters. The molecular weight excluding hydrogens is 404 g/mol. The Morgan fingerprint density at radius 3 is 2.26 bits per heavy atom. The first kappa shape index (κ1) is 21.6. The van der Waals surface area contributed by atoms with Crippen molar-refractivity contribution in [2.75, 3.05) is 25.0 Å². The first-order chi connectivity index (χ1) is 14.8. The molecule has 0 aromatic heterocycles. The average Bonchev–Trinajstić information content (AvgIpc) is 2.99.